The quantitative estimate of drug-likeness (QED) is 0.471. The number of hydrogen-bond donors (Lipinski definition) is 3. The number of ether oxygens (including phenoxy) is 1. The lowest BCUT2D eigenvalue weighted by atomic mass is 10.2. The molecule has 3 aliphatic rings. The number of halogens is 1. The molecule has 1 aliphatic carbocycles. The molecule has 1 unspecified atom stereocenters. The number of aromatic nitrogens is 2. The van der Waals surface area contributed by atoms with Crippen LogP contribution in [0.2, 0.25) is 0 Å². The van der Waals surface area contributed by atoms with E-state index in [0.717, 1.165) is 56.3 Å². The molecular formula is C26H30FN7O. The first-order valence-electron chi connectivity index (χ1n) is 12.4. The highest BCUT2D eigenvalue weighted by molar-refractivity contribution is 5.75. The van der Waals surface area contributed by atoms with E-state index in [1.807, 2.05) is 6.07 Å². The van der Waals surface area contributed by atoms with E-state index in [0.29, 0.717) is 17.7 Å². The van der Waals surface area contributed by atoms with E-state index in [2.05, 4.69) is 55.0 Å². The Balaban J connectivity index is 1.22. The lowest BCUT2D eigenvalue weighted by Crippen LogP contribution is -2.47. The predicted molar refractivity (Wildman–Crippen MR) is 137 cm³/mol. The van der Waals surface area contributed by atoms with Gasteiger partial charge in [0, 0.05) is 30.5 Å². The van der Waals surface area contributed by atoms with E-state index in [9.17, 15) is 4.39 Å². The molecule has 1 saturated carbocycles. The largest absolute Gasteiger partial charge is 0.378 e. The van der Waals surface area contributed by atoms with Gasteiger partial charge in [-0.3, -0.25) is 0 Å². The Kier molecular flexibility index (Phi) is 5.99. The van der Waals surface area contributed by atoms with Crippen LogP contribution in [0, 0.1) is 5.82 Å². The number of anilines is 6. The lowest BCUT2D eigenvalue weighted by Gasteiger charge is -2.32. The van der Waals surface area contributed by atoms with Crippen molar-refractivity contribution in [3.63, 3.8) is 0 Å². The summed E-state index contributed by atoms with van der Waals surface area (Å²) in [5.41, 5.74) is 3.43. The van der Waals surface area contributed by atoms with Crippen molar-refractivity contribution in [3.8, 4) is 0 Å². The number of hydrogen-bond acceptors (Lipinski definition) is 8. The molecule has 2 aromatic carbocycles. The van der Waals surface area contributed by atoms with Crippen molar-refractivity contribution in [1.29, 1.82) is 0 Å². The van der Waals surface area contributed by atoms with Gasteiger partial charge in [-0.05, 0) is 49.2 Å². The first-order valence-corrected chi connectivity index (χ1v) is 12.4. The highest BCUT2D eigenvalue weighted by Crippen LogP contribution is 2.39. The lowest BCUT2D eigenvalue weighted by molar-refractivity contribution is 0.122. The second-order valence-corrected chi connectivity index (χ2v) is 9.22. The van der Waals surface area contributed by atoms with Gasteiger partial charge in [-0.1, -0.05) is 25.0 Å². The van der Waals surface area contributed by atoms with Gasteiger partial charge in [0.15, 0.2) is 12.1 Å². The zero-order chi connectivity index (χ0) is 23.6. The van der Waals surface area contributed by atoms with Crippen molar-refractivity contribution in [2.75, 3.05) is 52.1 Å². The van der Waals surface area contributed by atoms with Crippen molar-refractivity contribution in [1.82, 2.24) is 9.97 Å². The molecule has 1 aromatic heterocycles. The van der Waals surface area contributed by atoms with Crippen LogP contribution in [0.15, 0.2) is 54.7 Å². The Bertz CT molecular complexity index is 1160. The van der Waals surface area contributed by atoms with Gasteiger partial charge in [-0.15, -0.1) is 0 Å². The Morgan fingerprint density at radius 1 is 1.00 bits per heavy atom. The molecule has 0 amide bonds. The number of nitrogens with one attached hydrogen (secondary N) is 3. The molecule has 0 bridgehead atoms. The average Bonchev–Trinajstić information content (AvgIpc) is 3.54. The van der Waals surface area contributed by atoms with Crippen LogP contribution in [-0.4, -0.2) is 48.6 Å². The monoisotopic (exact) mass is 475 g/mol. The van der Waals surface area contributed by atoms with Crippen molar-refractivity contribution in [2.45, 2.75) is 38.0 Å². The summed E-state index contributed by atoms with van der Waals surface area (Å²) in [7, 11) is 0. The maximum atomic E-state index is 14.4. The zero-order valence-corrected chi connectivity index (χ0v) is 19.6. The van der Waals surface area contributed by atoms with Crippen LogP contribution < -0.4 is 25.8 Å². The predicted octanol–water partition coefficient (Wildman–Crippen LogP) is 4.77. The zero-order valence-electron chi connectivity index (χ0n) is 19.6. The molecule has 6 rings (SSSR count). The summed E-state index contributed by atoms with van der Waals surface area (Å²) in [4.78, 5) is 14.0. The molecule has 1 saturated heterocycles. The first kappa shape index (κ1) is 21.9. The molecule has 1 atom stereocenters. The SMILES string of the molecule is Fc1ccccc1NC1Nc2cnc(Nc3ccc(N4CCOCC4)cc3)nc2N1C1CCCC1. The molecule has 3 heterocycles. The van der Waals surface area contributed by atoms with Gasteiger partial charge in [-0.25, -0.2) is 9.37 Å². The van der Waals surface area contributed by atoms with E-state index < -0.39 is 0 Å². The fourth-order valence-corrected chi connectivity index (χ4v) is 5.17. The van der Waals surface area contributed by atoms with Crippen molar-refractivity contribution >= 4 is 34.5 Å². The van der Waals surface area contributed by atoms with E-state index >= 15 is 0 Å². The molecule has 2 fully saturated rings. The van der Waals surface area contributed by atoms with Gasteiger partial charge >= 0.3 is 0 Å². The van der Waals surface area contributed by atoms with Crippen molar-refractivity contribution in [2.24, 2.45) is 0 Å². The second kappa shape index (κ2) is 9.58. The molecule has 3 N–H and O–H groups in total. The topological polar surface area (TPSA) is 77.6 Å². The van der Waals surface area contributed by atoms with Crippen LogP contribution >= 0.6 is 0 Å². The van der Waals surface area contributed by atoms with Crippen LogP contribution in [0.4, 0.5) is 38.9 Å². The molecule has 182 valence electrons. The molecule has 2 aliphatic heterocycles. The second-order valence-electron chi connectivity index (χ2n) is 9.22. The minimum Gasteiger partial charge on any atom is -0.378 e. The Labute approximate surface area is 204 Å². The minimum absolute atomic E-state index is 0.273. The Hall–Kier alpha value is -3.59. The van der Waals surface area contributed by atoms with Gasteiger partial charge in [0.05, 0.1) is 30.8 Å². The van der Waals surface area contributed by atoms with E-state index in [-0.39, 0.29) is 12.1 Å². The number of benzene rings is 2. The van der Waals surface area contributed by atoms with Crippen molar-refractivity contribution < 1.29 is 9.13 Å². The maximum Gasteiger partial charge on any atom is 0.229 e. The summed E-state index contributed by atoms with van der Waals surface area (Å²) in [6.45, 7) is 3.35. The molecule has 0 spiro atoms. The van der Waals surface area contributed by atoms with Gasteiger partial charge in [0.1, 0.15) is 5.82 Å². The third kappa shape index (κ3) is 4.55. The number of nitrogens with zero attached hydrogens (tertiary/aromatic N) is 4. The minimum atomic E-state index is -0.289. The van der Waals surface area contributed by atoms with Crippen LogP contribution in [0.5, 0.6) is 0 Å². The molecule has 9 heteroatoms. The molecule has 35 heavy (non-hydrogen) atoms. The summed E-state index contributed by atoms with van der Waals surface area (Å²) in [6, 6.07) is 15.4. The first-order chi connectivity index (χ1) is 17.2. The summed E-state index contributed by atoms with van der Waals surface area (Å²) in [5, 5.41) is 10.1. The van der Waals surface area contributed by atoms with Gasteiger partial charge in [0.2, 0.25) is 5.95 Å². The number of morpholine rings is 1. The maximum absolute atomic E-state index is 14.4. The van der Waals surface area contributed by atoms with Gasteiger partial charge in [0.25, 0.3) is 0 Å². The fraction of sp³-hybridized carbons (Fsp3) is 0.385. The molecule has 3 aromatic rings. The molecule has 0 radical (unpaired) electrons. The highest BCUT2D eigenvalue weighted by atomic mass is 19.1. The third-order valence-electron chi connectivity index (χ3n) is 6.97. The fourth-order valence-electron chi connectivity index (χ4n) is 5.17. The van der Waals surface area contributed by atoms with Crippen LogP contribution in [0.25, 0.3) is 0 Å². The van der Waals surface area contributed by atoms with Crippen LogP contribution in [0.3, 0.4) is 0 Å². The van der Waals surface area contributed by atoms with Gasteiger partial charge in [-0.2, -0.15) is 4.98 Å². The summed E-state index contributed by atoms with van der Waals surface area (Å²) >= 11 is 0. The molecule has 8 nitrogen and oxygen atoms in total. The van der Waals surface area contributed by atoms with E-state index in [4.69, 9.17) is 9.72 Å². The number of para-hydroxylation sites is 1. The summed E-state index contributed by atoms with van der Waals surface area (Å²) < 4.78 is 19.8. The normalized spacial score (nSPS) is 20.0. The van der Waals surface area contributed by atoms with Crippen LogP contribution in [0.1, 0.15) is 25.7 Å². The Morgan fingerprint density at radius 3 is 2.54 bits per heavy atom. The summed E-state index contributed by atoms with van der Waals surface area (Å²) in [5.74, 6) is 1.11. The van der Waals surface area contributed by atoms with Gasteiger partial charge < -0.3 is 30.5 Å². The standard InChI is InChI=1S/C26H30FN7O/c27-21-7-3-4-8-22(21)30-26-31-23-17-28-25(32-24(23)34(26)20-5-1-2-6-20)29-18-9-11-19(12-10-18)33-13-15-35-16-14-33/h3-4,7-12,17,20,26,30-31H,1-2,5-6,13-16H2,(H,28,29,32). The van der Waals surface area contributed by atoms with E-state index in [1.165, 1.54) is 24.6 Å². The Morgan fingerprint density at radius 2 is 1.77 bits per heavy atom. The number of rotatable bonds is 6. The smallest absolute Gasteiger partial charge is 0.229 e. The molecular weight excluding hydrogens is 445 g/mol. The van der Waals surface area contributed by atoms with Crippen molar-refractivity contribution in [3.05, 3.63) is 60.5 Å². The van der Waals surface area contributed by atoms with Crippen LogP contribution in [-0.2, 0) is 4.74 Å². The summed E-state index contributed by atoms with van der Waals surface area (Å²) in [6.07, 6.45) is 6.07. The third-order valence-corrected chi connectivity index (χ3v) is 6.97. The number of fused-ring (bicyclic) bond motifs is 1. The van der Waals surface area contributed by atoms with E-state index in [1.54, 1.807) is 18.3 Å². The average molecular weight is 476 g/mol. The highest BCUT2D eigenvalue weighted by Gasteiger charge is 2.37.